The number of aliphatic imine (C=N–C) groups is 1. The molecule has 0 aliphatic carbocycles. The molecule has 6 nitrogen and oxygen atoms in total. The third kappa shape index (κ3) is 5.93. The molecule has 0 atom stereocenters. The molecule has 0 unspecified atom stereocenters. The van der Waals surface area contributed by atoms with Crippen LogP contribution >= 0.6 is 24.0 Å². The summed E-state index contributed by atoms with van der Waals surface area (Å²) in [5.41, 5.74) is 3.74. The van der Waals surface area contributed by atoms with Crippen LogP contribution in [-0.2, 0) is 19.4 Å². The SMILES string of the molecule is CCNC(=NCc1ccc2c(c1)OCCCO2)NCCc1ccc2c(c1)CCO2.I. The smallest absolute Gasteiger partial charge is 0.191 e. The number of halogens is 1. The zero-order valence-electron chi connectivity index (χ0n) is 17.4. The summed E-state index contributed by atoms with van der Waals surface area (Å²) >= 11 is 0. The lowest BCUT2D eigenvalue weighted by Crippen LogP contribution is -2.38. The minimum Gasteiger partial charge on any atom is -0.493 e. The highest BCUT2D eigenvalue weighted by Gasteiger charge is 2.12. The van der Waals surface area contributed by atoms with E-state index in [-0.39, 0.29) is 24.0 Å². The van der Waals surface area contributed by atoms with Gasteiger partial charge in [0.2, 0.25) is 0 Å². The lowest BCUT2D eigenvalue weighted by molar-refractivity contribution is 0.297. The predicted molar refractivity (Wildman–Crippen MR) is 130 cm³/mol. The summed E-state index contributed by atoms with van der Waals surface area (Å²) in [5.74, 6) is 3.49. The van der Waals surface area contributed by atoms with Crippen molar-refractivity contribution in [1.82, 2.24) is 10.6 Å². The molecule has 30 heavy (non-hydrogen) atoms. The Bertz CT molecular complexity index is 873. The van der Waals surface area contributed by atoms with E-state index < -0.39 is 0 Å². The lowest BCUT2D eigenvalue weighted by atomic mass is 10.1. The van der Waals surface area contributed by atoms with Crippen molar-refractivity contribution in [3.05, 3.63) is 53.1 Å². The maximum atomic E-state index is 5.78. The third-order valence-electron chi connectivity index (χ3n) is 5.04. The van der Waals surface area contributed by atoms with Crippen LogP contribution in [0, 0.1) is 0 Å². The van der Waals surface area contributed by atoms with Gasteiger partial charge in [0.1, 0.15) is 5.75 Å². The number of hydrogen-bond donors (Lipinski definition) is 2. The number of nitrogens with one attached hydrogen (secondary N) is 2. The Morgan fingerprint density at radius 3 is 2.53 bits per heavy atom. The average Bonchev–Trinajstić information content (AvgIpc) is 3.08. The molecule has 2 heterocycles. The summed E-state index contributed by atoms with van der Waals surface area (Å²) in [4.78, 5) is 4.72. The average molecular weight is 523 g/mol. The zero-order valence-corrected chi connectivity index (χ0v) is 19.7. The summed E-state index contributed by atoms with van der Waals surface area (Å²) < 4.78 is 17.1. The van der Waals surface area contributed by atoms with Crippen molar-refractivity contribution in [2.45, 2.75) is 32.7 Å². The fraction of sp³-hybridized carbons (Fsp3) is 0.435. The quantitative estimate of drug-likeness (QED) is 0.344. The maximum Gasteiger partial charge on any atom is 0.191 e. The number of rotatable bonds is 6. The Hall–Kier alpha value is -2.16. The van der Waals surface area contributed by atoms with Crippen LogP contribution in [0.4, 0.5) is 0 Å². The fourth-order valence-corrected chi connectivity index (χ4v) is 3.54. The summed E-state index contributed by atoms with van der Waals surface area (Å²) in [7, 11) is 0. The van der Waals surface area contributed by atoms with Crippen LogP contribution < -0.4 is 24.8 Å². The van der Waals surface area contributed by atoms with Crippen LogP contribution in [-0.4, -0.2) is 38.9 Å². The summed E-state index contributed by atoms with van der Waals surface area (Å²) in [6.07, 6.45) is 2.87. The minimum atomic E-state index is 0. The van der Waals surface area contributed by atoms with Gasteiger partial charge in [0.05, 0.1) is 26.4 Å². The highest BCUT2D eigenvalue weighted by atomic mass is 127. The van der Waals surface area contributed by atoms with Crippen molar-refractivity contribution in [2.75, 3.05) is 32.9 Å². The normalized spacial score (nSPS) is 14.8. The van der Waals surface area contributed by atoms with Gasteiger partial charge >= 0.3 is 0 Å². The van der Waals surface area contributed by atoms with E-state index in [9.17, 15) is 0 Å². The summed E-state index contributed by atoms with van der Waals surface area (Å²) in [5, 5.41) is 6.75. The van der Waals surface area contributed by atoms with Crippen molar-refractivity contribution in [3.63, 3.8) is 0 Å². The predicted octanol–water partition coefficient (Wildman–Crippen LogP) is 3.70. The van der Waals surface area contributed by atoms with E-state index in [1.807, 2.05) is 18.2 Å². The van der Waals surface area contributed by atoms with E-state index >= 15 is 0 Å². The van der Waals surface area contributed by atoms with Gasteiger partial charge in [-0.25, -0.2) is 4.99 Å². The van der Waals surface area contributed by atoms with Crippen LogP contribution in [0.5, 0.6) is 17.2 Å². The number of ether oxygens (including phenoxy) is 3. The van der Waals surface area contributed by atoms with Crippen LogP contribution in [0.15, 0.2) is 41.4 Å². The van der Waals surface area contributed by atoms with Gasteiger partial charge in [-0.1, -0.05) is 18.2 Å². The van der Waals surface area contributed by atoms with E-state index in [1.54, 1.807) is 0 Å². The van der Waals surface area contributed by atoms with Crippen molar-refractivity contribution < 1.29 is 14.2 Å². The number of guanidine groups is 1. The van der Waals surface area contributed by atoms with Gasteiger partial charge in [-0.15, -0.1) is 24.0 Å². The van der Waals surface area contributed by atoms with Gasteiger partial charge in [-0.05, 0) is 48.2 Å². The highest BCUT2D eigenvalue weighted by Crippen LogP contribution is 2.30. The van der Waals surface area contributed by atoms with Crippen LogP contribution in [0.25, 0.3) is 0 Å². The largest absolute Gasteiger partial charge is 0.493 e. The Labute approximate surface area is 195 Å². The Balaban J connectivity index is 0.00000256. The molecular weight excluding hydrogens is 493 g/mol. The molecule has 0 saturated heterocycles. The molecule has 0 fully saturated rings. The maximum absolute atomic E-state index is 5.78. The molecule has 0 spiro atoms. The molecule has 0 bridgehead atoms. The van der Waals surface area contributed by atoms with Crippen molar-refractivity contribution in [2.24, 2.45) is 4.99 Å². The number of fused-ring (bicyclic) bond motifs is 2. The van der Waals surface area contributed by atoms with E-state index in [2.05, 4.69) is 35.8 Å². The van der Waals surface area contributed by atoms with Crippen molar-refractivity contribution in [3.8, 4) is 17.2 Å². The Morgan fingerprint density at radius 2 is 1.67 bits per heavy atom. The first-order valence-electron chi connectivity index (χ1n) is 10.5. The van der Waals surface area contributed by atoms with Crippen LogP contribution in [0.3, 0.4) is 0 Å². The van der Waals surface area contributed by atoms with Crippen LogP contribution in [0.1, 0.15) is 30.0 Å². The van der Waals surface area contributed by atoms with Gasteiger partial charge in [0.15, 0.2) is 17.5 Å². The molecule has 0 radical (unpaired) electrons. The second kappa shape index (κ2) is 11.3. The fourth-order valence-electron chi connectivity index (χ4n) is 3.54. The van der Waals surface area contributed by atoms with Gasteiger partial charge in [0.25, 0.3) is 0 Å². The summed E-state index contributed by atoms with van der Waals surface area (Å²) in [6, 6.07) is 12.5. The number of nitrogens with zero attached hydrogens (tertiary/aromatic N) is 1. The van der Waals surface area contributed by atoms with Gasteiger partial charge in [-0.3, -0.25) is 0 Å². The number of hydrogen-bond acceptors (Lipinski definition) is 4. The molecule has 2 N–H and O–H groups in total. The molecule has 2 aromatic carbocycles. The van der Waals surface area contributed by atoms with Gasteiger partial charge in [0, 0.05) is 25.9 Å². The van der Waals surface area contributed by atoms with Gasteiger partial charge < -0.3 is 24.8 Å². The van der Waals surface area contributed by atoms with E-state index in [1.165, 1.54) is 11.1 Å². The van der Waals surface area contributed by atoms with Crippen LogP contribution in [0.2, 0.25) is 0 Å². The third-order valence-corrected chi connectivity index (χ3v) is 5.04. The minimum absolute atomic E-state index is 0. The second-order valence-corrected chi connectivity index (χ2v) is 7.24. The number of benzene rings is 2. The lowest BCUT2D eigenvalue weighted by Gasteiger charge is -2.12. The molecule has 0 amide bonds. The van der Waals surface area contributed by atoms with E-state index in [0.29, 0.717) is 19.8 Å². The molecule has 2 aliphatic heterocycles. The molecular formula is C23H30IN3O3. The van der Waals surface area contributed by atoms with Crippen molar-refractivity contribution >= 4 is 29.9 Å². The topological polar surface area (TPSA) is 64.1 Å². The molecule has 2 aromatic rings. The second-order valence-electron chi connectivity index (χ2n) is 7.24. The van der Waals surface area contributed by atoms with E-state index in [0.717, 1.165) is 67.7 Å². The Kier molecular flexibility index (Phi) is 8.48. The molecule has 7 heteroatoms. The Morgan fingerprint density at radius 1 is 0.900 bits per heavy atom. The standard InChI is InChI=1S/C23H29N3O3.HI/c1-2-24-23(25-10-8-17-4-6-20-19(14-17)9-13-29-20)26-16-18-5-7-21-22(15-18)28-12-3-11-27-21;/h4-7,14-15H,2-3,8-13,16H2,1H3,(H2,24,25,26);1H. The van der Waals surface area contributed by atoms with Gasteiger partial charge in [-0.2, -0.15) is 0 Å². The van der Waals surface area contributed by atoms with Crippen molar-refractivity contribution in [1.29, 1.82) is 0 Å². The first kappa shape index (κ1) is 22.5. The monoisotopic (exact) mass is 523 g/mol. The first-order valence-corrected chi connectivity index (χ1v) is 10.5. The molecule has 0 aromatic heterocycles. The highest BCUT2D eigenvalue weighted by molar-refractivity contribution is 14.0. The molecule has 2 aliphatic rings. The molecule has 0 saturated carbocycles. The zero-order chi connectivity index (χ0) is 19.9. The van der Waals surface area contributed by atoms with E-state index in [4.69, 9.17) is 19.2 Å². The first-order chi connectivity index (χ1) is 14.3. The summed E-state index contributed by atoms with van der Waals surface area (Å²) in [6.45, 7) is 6.51. The molecule has 4 rings (SSSR count). The molecule has 162 valence electrons.